The number of ether oxygens (including phenoxy) is 1. The summed E-state index contributed by atoms with van der Waals surface area (Å²) in [6.45, 7) is 4.81. The smallest absolute Gasteiger partial charge is 0.226 e. The lowest BCUT2D eigenvalue weighted by molar-refractivity contribution is -0.129. The molecule has 1 saturated heterocycles. The molecule has 1 aliphatic rings. The Morgan fingerprint density at radius 3 is 2.73 bits per heavy atom. The van der Waals surface area contributed by atoms with Gasteiger partial charge in [0.05, 0.1) is 18.6 Å². The first-order valence-corrected chi connectivity index (χ1v) is 9.10. The molecule has 0 aliphatic carbocycles. The number of rotatable bonds is 8. The summed E-state index contributed by atoms with van der Waals surface area (Å²) in [5, 5.41) is 12.8. The van der Waals surface area contributed by atoms with E-state index in [9.17, 15) is 14.7 Å². The van der Waals surface area contributed by atoms with Gasteiger partial charge < -0.3 is 20.1 Å². The van der Waals surface area contributed by atoms with Crippen LogP contribution in [0.5, 0.6) is 0 Å². The molecule has 0 saturated carbocycles. The number of nitrogens with zero attached hydrogens (tertiary/aromatic N) is 1. The molecule has 6 nitrogen and oxygen atoms in total. The molecule has 1 fully saturated rings. The third-order valence-corrected chi connectivity index (χ3v) is 5.04. The van der Waals surface area contributed by atoms with Crippen LogP contribution in [0.25, 0.3) is 0 Å². The summed E-state index contributed by atoms with van der Waals surface area (Å²) < 4.78 is 5.11. The van der Waals surface area contributed by atoms with Crippen LogP contribution in [0.4, 0.5) is 0 Å². The van der Waals surface area contributed by atoms with Crippen molar-refractivity contribution in [2.45, 2.75) is 26.3 Å². The number of hydrogen-bond acceptors (Lipinski definition) is 4. The Morgan fingerprint density at radius 1 is 1.42 bits per heavy atom. The van der Waals surface area contributed by atoms with E-state index in [1.54, 1.807) is 18.1 Å². The van der Waals surface area contributed by atoms with Crippen molar-refractivity contribution in [1.82, 2.24) is 10.2 Å². The average Bonchev–Trinajstić information content (AvgIpc) is 2.94. The van der Waals surface area contributed by atoms with Gasteiger partial charge in [-0.05, 0) is 11.6 Å². The van der Waals surface area contributed by atoms with Gasteiger partial charge in [-0.1, -0.05) is 43.6 Å². The van der Waals surface area contributed by atoms with Crippen LogP contribution in [-0.2, 0) is 14.3 Å². The molecule has 0 radical (unpaired) electrons. The lowest BCUT2D eigenvalue weighted by atomic mass is 9.91. The zero-order chi connectivity index (χ0) is 19.3. The standard InChI is InChI=1S/C19H27ClN2O4/c1-19(2,12-23)11-21-18(25)14-10-16(24)22(8-9-26-3)17(14)13-6-4-5-7-15(13)20/h4-7,14,17,23H,8-12H2,1-3H3,(H,21,25)/t14-,17+/m1/s1. The first kappa shape index (κ1) is 20.7. The largest absolute Gasteiger partial charge is 0.396 e. The van der Waals surface area contributed by atoms with Crippen molar-refractivity contribution in [2.75, 3.05) is 33.4 Å². The molecule has 1 aromatic rings. The molecule has 1 heterocycles. The number of likely N-dealkylation sites (tertiary alicyclic amines) is 1. The second kappa shape index (κ2) is 8.84. The van der Waals surface area contributed by atoms with Crippen molar-refractivity contribution < 1.29 is 19.4 Å². The van der Waals surface area contributed by atoms with E-state index in [4.69, 9.17) is 16.3 Å². The van der Waals surface area contributed by atoms with Gasteiger partial charge in [0.25, 0.3) is 0 Å². The monoisotopic (exact) mass is 382 g/mol. The molecule has 1 aromatic carbocycles. The maximum atomic E-state index is 12.8. The predicted molar refractivity (Wildman–Crippen MR) is 99.8 cm³/mol. The van der Waals surface area contributed by atoms with E-state index in [2.05, 4.69) is 5.32 Å². The number of nitrogens with one attached hydrogen (secondary N) is 1. The highest BCUT2D eigenvalue weighted by Gasteiger charge is 2.45. The van der Waals surface area contributed by atoms with E-state index >= 15 is 0 Å². The second-order valence-corrected chi connectivity index (χ2v) is 7.80. The van der Waals surface area contributed by atoms with Gasteiger partial charge in [-0.15, -0.1) is 0 Å². The zero-order valence-electron chi connectivity index (χ0n) is 15.5. The van der Waals surface area contributed by atoms with Crippen molar-refractivity contribution in [3.05, 3.63) is 34.9 Å². The number of hydrogen-bond donors (Lipinski definition) is 2. The molecular weight excluding hydrogens is 356 g/mol. The minimum atomic E-state index is -0.534. The van der Waals surface area contributed by atoms with Crippen LogP contribution >= 0.6 is 11.6 Å². The van der Waals surface area contributed by atoms with Crippen LogP contribution < -0.4 is 5.32 Å². The Hall–Kier alpha value is -1.63. The fourth-order valence-corrected chi connectivity index (χ4v) is 3.34. The van der Waals surface area contributed by atoms with Crippen molar-refractivity contribution in [2.24, 2.45) is 11.3 Å². The number of amides is 2. The minimum absolute atomic E-state index is 0.0369. The summed E-state index contributed by atoms with van der Waals surface area (Å²) in [4.78, 5) is 27.0. The highest BCUT2D eigenvalue weighted by atomic mass is 35.5. The van der Waals surface area contributed by atoms with E-state index in [-0.39, 0.29) is 24.8 Å². The van der Waals surface area contributed by atoms with Gasteiger partial charge in [-0.2, -0.15) is 0 Å². The number of benzene rings is 1. The molecule has 0 spiro atoms. The van der Waals surface area contributed by atoms with Crippen molar-refractivity contribution in [1.29, 1.82) is 0 Å². The van der Waals surface area contributed by atoms with Crippen LogP contribution in [0, 0.1) is 11.3 Å². The molecule has 26 heavy (non-hydrogen) atoms. The van der Waals surface area contributed by atoms with Gasteiger partial charge in [0.1, 0.15) is 0 Å². The molecule has 0 bridgehead atoms. The highest BCUT2D eigenvalue weighted by Crippen LogP contribution is 2.40. The SMILES string of the molecule is COCCN1C(=O)C[C@@H](C(=O)NCC(C)(C)CO)[C@@H]1c1ccccc1Cl. The second-order valence-electron chi connectivity index (χ2n) is 7.40. The maximum Gasteiger partial charge on any atom is 0.226 e. The lowest BCUT2D eigenvalue weighted by Crippen LogP contribution is -2.41. The Bertz CT molecular complexity index is 650. The first-order valence-electron chi connectivity index (χ1n) is 8.72. The molecule has 7 heteroatoms. The number of aliphatic hydroxyl groups is 1. The Morgan fingerprint density at radius 2 is 2.12 bits per heavy atom. The maximum absolute atomic E-state index is 12.8. The van der Waals surface area contributed by atoms with Crippen LogP contribution in [0.15, 0.2) is 24.3 Å². The van der Waals surface area contributed by atoms with Crippen molar-refractivity contribution >= 4 is 23.4 Å². The minimum Gasteiger partial charge on any atom is -0.396 e. The molecule has 2 amide bonds. The van der Waals surface area contributed by atoms with E-state index in [1.807, 2.05) is 32.0 Å². The summed E-state index contributed by atoms with van der Waals surface area (Å²) >= 11 is 6.36. The Kier molecular flexibility index (Phi) is 7.03. The number of halogens is 1. The number of carbonyl (C=O) groups is 2. The molecule has 0 unspecified atom stereocenters. The molecule has 2 atom stereocenters. The zero-order valence-corrected chi connectivity index (χ0v) is 16.3. The van der Waals surface area contributed by atoms with E-state index in [1.165, 1.54) is 0 Å². The van der Waals surface area contributed by atoms with Gasteiger partial charge in [-0.25, -0.2) is 0 Å². The molecule has 2 rings (SSSR count). The van der Waals surface area contributed by atoms with Gasteiger partial charge in [0.2, 0.25) is 11.8 Å². The molecule has 2 N–H and O–H groups in total. The fourth-order valence-electron chi connectivity index (χ4n) is 3.09. The quantitative estimate of drug-likeness (QED) is 0.720. The normalized spacial score (nSPS) is 20.5. The Balaban J connectivity index is 2.27. The van der Waals surface area contributed by atoms with Gasteiger partial charge >= 0.3 is 0 Å². The van der Waals surface area contributed by atoms with E-state index in [0.29, 0.717) is 24.7 Å². The summed E-state index contributed by atoms with van der Waals surface area (Å²) in [5.74, 6) is -0.827. The molecule has 144 valence electrons. The number of methoxy groups -OCH3 is 1. The fraction of sp³-hybridized carbons (Fsp3) is 0.579. The number of aliphatic hydroxyl groups excluding tert-OH is 1. The average molecular weight is 383 g/mol. The first-order chi connectivity index (χ1) is 12.3. The van der Waals surface area contributed by atoms with Crippen molar-refractivity contribution in [3.63, 3.8) is 0 Å². The summed E-state index contributed by atoms with van der Waals surface area (Å²) in [6.07, 6.45) is 0.130. The van der Waals surface area contributed by atoms with Crippen LogP contribution in [0.1, 0.15) is 31.9 Å². The number of carbonyl (C=O) groups excluding carboxylic acids is 2. The molecular formula is C19H27ClN2O4. The Labute approximate surface area is 159 Å². The van der Waals surface area contributed by atoms with E-state index < -0.39 is 17.4 Å². The van der Waals surface area contributed by atoms with Crippen LogP contribution in [0.2, 0.25) is 5.02 Å². The summed E-state index contributed by atoms with van der Waals surface area (Å²) in [5.41, 5.74) is 0.339. The van der Waals surface area contributed by atoms with Gasteiger partial charge in [0.15, 0.2) is 0 Å². The third kappa shape index (κ3) is 4.75. The molecule has 1 aliphatic heterocycles. The highest BCUT2D eigenvalue weighted by molar-refractivity contribution is 6.31. The molecule has 0 aromatic heterocycles. The van der Waals surface area contributed by atoms with Gasteiger partial charge in [0, 0.05) is 43.7 Å². The summed E-state index contributed by atoms with van der Waals surface area (Å²) in [6, 6.07) is 6.86. The van der Waals surface area contributed by atoms with Crippen molar-refractivity contribution in [3.8, 4) is 0 Å². The van der Waals surface area contributed by atoms with Crippen LogP contribution in [-0.4, -0.2) is 55.2 Å². The third-order valence-electron chi connectivity index (χ3n) is 4.70. The van der Waals surface area contributed by atoms with E-state index in [0.717, 1.165) is 5.56 Å². The van der Waals surface area contributed by atoms with Crippen LogP contribution in [0.3, 0.4) is 0 Å². The predicted octanol–water partition coefficient (Wildman–Crippen LogP) is 2.01. The summed E-state index contributed by atoms with van der Waals surface area (Å²) in [7, 11) is 1.58. The topological polar surface area (TPSA) is 78.9 Å². The van der Waals surface area contributed by atoms with Gasteiger partial charge in [-0.3, -0.25) is 9.59 Å². The lowest BCUT2D eigenvalue weighted by Gasteiger charge is -2.29.